The molecule has 1 heterocycles. The number of carbonyl (C=O) groups is 1. The van der Waals surface area contributed by atoms with Crippen LogP contribution < -0.4 is 5.73 Å². The quantitative estimate of drug-likeness (QED) is 0.781. The van der Waals surface area contributed by atoms with Crippen molar-refractivity contribution < 1.29 is 18.0 Å². The van der Waals surface area contributed by atoms with E-state index in [1.165, 1.54) is 13.8 Å². The number of alkyl halides is 3. The summed E-state index contributed by atoms with van der Waals surface area (Å²) >= 11 is 0. The molecule has 0 saturated carbocycles. The van der Waals surface area contributed by atoms with Gasteiger partial charge in [0, 0.05) is 0 Å². The van der Waals surface area contributed by atoms with Gasteiger partial charge in [-0.05, 0) is 31.0 Å². The van der Waals surface area contributed by atoms with Crippen LogP contribution in [-0.4, -0.2) is 10.9 Å². The number of carbonyl (C=O) groups excluding carboxylic acids is 1. The zero-order valence-electron chi connectivity index (χ0n) is 8.14. The van der Waals surface area contributed by atoms with Crippen molar-refractivity contribution >= 4 is 5.91 Å². The number of nitrogens with two attached hydrogens (primary N) is 1. The molecule has 0 aliphatic heterocycles. The first-order valence-corrected chi connectivity index (χ1v) is 4.08. The van der Waals surface area contributed by atoms with E-state index in [-0.39, 0.29) is 5.69 Å². The Morgan fingerprint density at radius 3 is 2.33 bits per heavy atom. The summed E-state index contributed by atoms with van der Waals surface area (Å²) in [6, 6.07) is 0.891. The summed E-state index contributed by atoms with van der Waals surface area (Å²) in [6.07, 6.45) is -4.57. The molecule has 0 saturated heterocycles. The van der Waals surface area contributed by atoms with Crippen LogP contribution in [0.2, 0.25) is 0 Å². The molecule has 2 N–H and O–H groups in total. The minimum absolute atomic E-state index is 0.331. The van der Waals surface area contributed by atoms with Crippen molar-refractivity contribution in [3.8, 4) is 0 Å². The lowest BCUT2D eigenvalue weighted by Crippen LogP contribution is -2.19. The van der Waals surface area contributed by atoms with Crippen LogP contribution in [-0.2, 0) is 6.18 Å². The van der Waals surface area contributed by atoms with E-state index < -0.39 is 17.8 Å². The lowest BCUT2D eigenvalue weighted by atomic mass is 10.1. The number of nitrogens with zero attached hydrogens (tertiary/aromatic N) is 1. The van der Waals surface area contributed by atoms with Gasteiger partial charge < -0.3 is 5.73 Å². The molecule has 15 heavy (non-hydrogen) atoms. The Morgan fingerprint density at radius 2 is 1.93 bits per heavy atom. The Morgan fingerprint density at radius 1 is 1.40 bits per heavy atom. The number of amides is 1. The van der Waals surface area contributed by atoms with Crippen LogP contribution in [0, 0.1) is 13.8 Å². The van der Waals surface area contributed by atoms with Gasteiger partial charge in [0.15, 0.2) is 0 Å². The van der Waals surface area contributed by atoms with E-state index in [0.717, 1.165) is 6.07 Å². The van der Waals surface area contributed by atoms with Crippen LogP contribution in [0.1, 0.15) is 27.3 Å². The van der Waals surface area contributed by atoms with E-state index in [1.54, 1.807) is 0 Å². The van der Waals surface area contributed by atoms with E-state index in [9.17, 15) is 18.0 Å². The van der Waals surface area contributed by atoms with Crippen LogP contribution in [0.3, 0.4) is 0 Å². The highest BCUT2D eigenvalue weighted by molar-refractivity contribution is 5.92. The summed E-state index contributed by atoms with van der Waals surface area (Å²) in [4.78, 5) is 14.0. The molecule has 1 aromatic heterocycles. The van der Waals surface area contributed by atoms with Gasteiger partial charge >= 0.3 is 6.18 Å². The first-order chi connectivity index (χ1) is 6.73. The van der Waals surface area contributed by atoms with Gasteiger partial charge in [-0.25, -0.2) is 4.98 Å². The second-order valence-corrected chi connectivity index (χ2v) is 3.16. The number of aromatic nitrogens is 1. The van der Waals surface area contributed by atoms with Crippen molar-refractivity contribution in [2.75, 3.05) is 0 Å². The molecule has 0 atom stereocenters. The second kappa shape index (κ2) is 3.52. The lowest BCUT2D eigenvalue weighted by molar-refractivity contribution is -0.141. The average molecular weight is 218 g/mol. The fourth-order valence-electron chi connectivity index (χ4n) is 1.12. The molecule has 0 aliphatic rings. The molecule has 1 aromatic rings. The fourth-order valence-corrected chi connectivity index (χ4v) is 1.12. The Labute approximate surface area is 84.1 Å². The summed E-state index contributed by atoms with van der Waals surface area (Å²) in [5.74, 6) is -0.957. The number of pyridine rings is 1. The first-order valence-electron chi connectivity index (χ1n) is 4.08. The van der Waals surface area contributed by atoms with Crippen LogP contribution in [0.25, 0.3) is 0 Å². The van der Waals surface area contributed by atoms with E-state index in [2.05, 4.69) is 4.98 Å². The molecule has 0 bridgehead atoms. The molecule has 6 heteroatoms. The SMILES string of the molecule is Cc1cc(C(F)(F)F)nc(C(N)=O)c1C. The Balaban J connectivity index is 3.43. The smallest absolute Gasteiger partial charge is 0.364 e. The van der Waals surface area contributed by atoms with Crippen molar-refractivity contribution in [2.24, 2.45) is 5.73 Å². The van der Waals surface area contributed by atoms with Gasteiger partial charge in [-0.1, -0.05) is 0 Å². The summed E-state index contributed by atoms with van der Waals surface area (Å²) in [5.41, 5.74) is 4.21. The molecule has 82 valence electrons. The third-order valence-electron chi connectivity index (χ3n) is 2.06. The third-order valence-corrected chi connectivity index (χ3v) is 2.06. The van der Waals surface area contributed by atoms with Crippen LogP contribution in [0.4, 0.5) is 13.2 Å². The monoisotopic (exact) mass is 218 g/mol. The molecular weight excluding hydrogens is 209 g/mol. The van der Waals surface area contributed by atoms with E-state index in [0.29, 0.717) is 11.1 Å². The molecule has 0 aliphatic carbocycles. The van der Waals surface area contributed by atoms with E-state index >= 15 is 0 Å². The Hall–Kier alpha value is -1.59. The van der Waals surface area contributed by atoms with Gasteiger partial charge in [0.1, 0.15) is 11.4 Å². The number of primary amides is 1. The number of aryl methyl sites for hydroxylation is 1. The number of hydrogen-bond acceptors (Lipinski definition) is 2. The van der Waals surface area contributed by atoms with Crippen LogP contribution in [0.15, 0.2) is 6.07 Å². The van der Waals surface area contributed by atoms with Gasteiger partial charge in [0.2, 0.25) is 0 Å². The highest BCUT2D eigenvalue weighted by Crippen LogP contribution is 2.29. The van der Waals surface area contributed by atoms with Gasteiger partial charge in [-0.2, -0.15) is 13.2 Å². The third kappa shape index (κ3) is 2.26. The maximum absolute atomic E-state index is 12.3. The second-order valence-electron chi connectivity index (χ2n) is 3.16. The number of hydrogen-bond donors (Lipinski definition) is 1. The number of rotatable bonds is 1. The van der Waals surface area contributed by atoms with E-state index in [1.807, 2.05) is 0 Å². The lowest BCUT2D eigenvalue weighted by Gasteiger charge is -2.10. The van der Waals surface area contributed by atoms with Gasteiger partial charge in [-0.3, -0.25) is 4.79 Å². The molecule has 1 amide bonds. The molecule has 0 unspecified atom stereocenters. The minimum Gasteiger partial charge on any atom is -0.364 e. The highest BCUT2D eigenvalue weighted by atomic mass is 19.4. The van der Waals surface area contributed by atoms with Crippen molar-refractivity contribution in [3.05, 3.63) is 28.6 Å². The zero-order chi connectivity index (χ0) is 11.8. The van der Waals surface area contributed by atoms with Gasteiger partial charge in [-0.15, -0.1) is 0 Å². The summed E-state index contributed by atoms with van der Waals surface area (Å²) in [6.45, 7) is 2.97. The molecule has 3 nitrogen and oxygen atoms in total. The summed E-state index contributed by atoms with van der Waals surface area (Å²) in [7, 11) is 0. The molecular formula is C9H9F3N2O. The van der Waals surface area contributed by atoms with E-state index in [4.69, 9.17) is 5.73 Å². The van der Waals surface area contributed by atoms with Crippen LogP contribution >= 0.6 is 0 Å². The highest BCUT2D eigenvalue weighted by Gasteiger charge is 2.33. The zero-order valence-corrected chi connectivity index (χ0v) is 8.14. The Bertz CT molecular complexity index is 413. The molecule has 0 fully saturated rings. The Kier molecular flexibility index (Phi) is 2.70. The topological polar surface area (TPSA) is 56.0 Å². The standard InChI is InChI=1S/C9H9F3N2O/c1-4-3-6(9(10,11)12)14-7(5(4)2)8(13)15/h3H,1-2H3,(H2,13,15). The van der Waals surface area contributed by atoms with Gasteiger partial charge in [0.05, 0.1) is 0 Å². The molecule has 1 rings (SSSR count). The predicted octanol–water partition coefficient (Wildman–Crippen LogP) is 1.82. The normalized spacial score (nSPS) is 11.5. The van der Waals surface area contributed by atoms with Crippen molar-refractivity contribution in [1.82, 2.24) is 4.98 Å². The predicted molar refractivity (Wildman–Crippen MR) is 47.2 cm³/mol. The van der Waals surface area contributed by atoms with Crippen molar-refractivity contribution in [1.29, 1.82) is 0 Å². The fraction of sp³-hybridized carbons (Fsp3) is 0.333. The maximum atomic E-state index is 12.3. The van der Waals surface area contributed by atoms with Crippen LogP contribution in [0.5, 0.6) is 0 Å². The summed E-state index contributed by atoms with van der Waals surface area (Å²) in [5, 5.41) is 0. The summed E-state index contributed by atoms with van der Waals surface area (Å²) < 4.78 is 37.0. The minimum atomic E-state index is -4.57. The molecule has 0 radical (unpaired) electrons. The average Bonchev–Trinajstić information content (AvgIpc) is 2.06. The molecule has 0 spiro atoms. The number of halogens is 3. The van der Waals surface area contributed by atoms with Gasteiger partial charge in [0.25, 0.3) is 5.91 Å². The van der Waals surface area contributed by atoms with Crippen molar-refractivity contribution in [2.45, 2.75) is 20.0 Å². The van der Waals surface area contributed by atoms with Crippen molar-refractivity contribution in [3.63, 3.8) is 0 Å². The maximum Gasteiger partial charge on any atom is 0.433 e. The largest absolute Gasteiger partial charge is 0.433 e. The molecule has 0 aromatic carbocycles. The first kappa shape index (κ1) is 11.5.